The monoisotopic (exact) mass is 254 g/mol. The van der Waals surface area contributed by atoms with E-state index in [1.807, 2.05) is 37.3 Å². The van der Waals surface area contributed by atoms with Crippen molar-refractivity contribution in [2.24, 2.45) is 5.84 Å². The van der Waals surface area contributed by atoms with Gasteiger partial charge in [-0.25, -0.2) is 5.84 Å². The zero-order valence-corrected chi connectivity index (χ0v) is 10.6. The number of nitrogens with two attached hydrogens (primary N) is 1. The Hall–Kier alpha value is -1.04. The highest BCUT2D eigenvalue weighted by Crippen LogP contribution is 2.23. The van der Waals surface area contributed by atoms with Gasteiger partial charge in [-0.3, -0.25) is 10.2 Å². The molecule has 2 unspecified atom stereocenters. The first-order valence-corrected chi connectivity index (χ1v) is 6.51. The van der Waals surface area contributed by atoms with Crippen LogP contribution in [0, 0.1) is 0 Å². The van der Waals surface area contributed by atoms with E-state index >= 15 is 0 Å². The number of hydrogen-bond acceptors (Lipinski definition) is 4. The molecule has 4 N–H and O–H groups in total. The summed E-state index contributed by atoms with van der Waals surface area (Å²) in [5.41, 5.74) is 3.13. The molecule has 0 aliphatic heterocycles. The lowest BCUT2D eigenvalue weighted by molar-refractivity contribution is -0.122. The van der Waals surface area contributed by atoms with Crippen LogP contribution in [0.3, 0.4) is 0 Å². The van der Waals surface area contributed by atoms with Gasteiger partial charge in [-0.15, -0.1) is 0 Å². The minimum Gasteiger partial charge on any atom is -0.395 e. The summed E-state index contributed by atoms with van der Waals surface area (Å²) in [4.78, 5) is 11.7. The molecule has 1 rings (SSSR count). The number of hydrogen-bond donors (Lipinski definition) is 3. The van der Waals surface area contributed by atoms with Gasteiger partial charge in [0.25, 0.3) is 0 Å². The second kappa shape index (κ2) is 7.32. The van der Waals surface area contributed by atoms with Crippen LogP contribution < -0.4 is 11.3 Å². The number of aliphatic hydroxyl groups excluding tert-OH is 1. The summed E-state index contributed by atoms with van der Waals surface area (Å²) in [6, 6.07) is 9.51. The second-order valence-electron chi connectivity index (χ2n) is 3.80. The average molecular weight is 254 g/mol. The topological polar surface area (TPSA) is 75.3 Å². The standard InChI is InChI=1S/C12H18N2O2S/c1-9(7-15)17-8-11(12(16)14-13)10-5-3-2-4-6-10/h2-6,9,11,15H,7-8,13H2,1H3,(H,14,16). The van der Waals surface area contributed by atoms with E-state index in [0.717, 1.165) is 5.56 Å². The summed E-state index contributed by atoms with van der Waals surface area (Å²) in [6.07, 6.45) is 0. The maximum Gasteiger partial charge on any atom is 0.242 e. The molecule has 1 amide bonds. The maximum atomic E-state index is 11.7. The van der Waals surface area contributed by atoms with Gasteiger partial charge in [-0.2, -0.15) is 11.8 Å². The fourth-order valence-corrected chi connectivity index (χ4v) is 2.39. The third-order valence-corrected chi connectivity index (χ3v) is 3.71. The Bertz CT molecular complexity index is 346. The molecule has 17 heavy (non-hydrogen) atoms. The van der Waals surface area contributed by atoms with Crippen LogP contribution in [-0.2, 0) is 4.79 Å². The van der Waals surface area contributed by atoms with E-state index in [-0.39, 0.29) is 23.7 Å². The molecule has 0 bridgehead atoms. The van der Waals surface area contributed by atoms with Gasteiger partial charge >= 0.3 is 0 Å². The Balaban J connectivity index is 2.71. The minimum absolute atomic E-state index is 0.108. The van der Waals surface area contributed by atoms with Crippen LogP contribution in [0.15, 0.2) is 30.3 Å². The first kappa shape index (κ1) is 14.0. The number of carbonyl (C=O) groups excluding carboxylic acids is 1. The van der Waals surface area contributed by atoms with Crippen molar-refractivity contribution in [3.8, 4) is 0 Å². The Morgan fingerprint density at radius 3 is 2.65 bits per heavy atom. The molecule has 0 saturated heterocycles. The molecule has 0 saturated carbocycles. The first-order chi connectivity index (χ1) is 8.19. The van der Waals surface area contributed by atoms with E-state index in [9.17, 15) is 4.79 Å². The number of hydrazine groups is 1. The third kappa shape index (κ3) is 4.38. The summed E-state index contributed by atoms with van der Waals surface area (Å²) in [7, 11) is 0. The molecule has 0 aliphatic rings. The van der Waals surface area contributed by atoms with Crippen molar-refractivity contribution >= 4 is 17.7 Å². The quantitative estimate of drug-likeness (QED) is 0.400. The number of thioether (sulfide) groups is 1. The molecule has 0 spiro atoms. The molecule has 4 nitrogen and oxygen atoms in total. The lowest BCUT2D eigenvalue weighted by Crippen LogP contribution is -2.36. The number of carbonyl (C=O) groups is 1. The van der Waals surface area contributed by atoms with E-state index < -0.39 is 0 Å². The third-order valence-electron chi connectivity index (χ3n) is 2.47. The van der Waals surface area contributed by atoms with Crippen LogP contribution in [0.5, 0.6) is 0 Å². The molecule has 0 radical (unpaired) electrons. The number of rotatable bonds is 6. The summed E-state index contributed by atoms with van der Waals surface area (Å²) in [5, 5.41) is 9.09. The zero-order valence-electron chi connectivity index (χ0n) is 9.80. The van der Waals surface area contributed by atoms with Gasteiger partial charge in [-0.05, 0) is 5.56 Å². The summed E-state index contributed by atoms with van der Waals surface area (Å²) >= 11 is 1.56. The normalized spacial score (nSPS) is 14.1. The van der Waals surface area contributed by atoms with Crippen molar-refractivity contribution < 1.29 is 9.90 Å². The SMILES string of the molecule is CC(CO)SCC(C(=O)NN)c1ccccc1. The van der Waals surface area contributed by atoms with Gasteiger partial charge < -0.3 is 5.11 Å². The van der Waals surface area contributed by atoms with Gasteiger partial charge in [0, 0.05) is 11.0 Å². The van der Waals surface area contributed by atoms with Crippen LogP contribution in [0.4, 0.5) is 0 Å². The van der Waals surface area contributed by atoms with E-state index in [1.165, 1.54) is 0 Å². The minimum atomic E-state index is -0.278. The fourth-order valence-electron chi connectivity index (χ4n) is 1.42. The molecule has 0 aromatic heterocycles. The number of aliphatic hydroxyl groups is 1. The lowest BCUT2D eigenvalue weighted by atomic mass is 10.0. The highest BCUT2D eigenvalue weighted by atomic mass is 32.2. The van der Waals surface area contributed by atoms with Crippen LogP contribution in [0.1, 0.15) is 18.4 Å². The largest absolute Gasteiger partial charge is 0.395 e. The number of nitrogens with one attached hydrogen (secondary N) is 1. The van der Waals surface area contributed by atoms with Crippen LogP contribution in [0.25, 0.3) is 0 Å². The average Bonchev–Trinajstić information content (AvgIpc) is 2.39. The van der Waals surface area contributed by atoms with E-state index in [4.69, 9.17) is 10.9 Å². The van der Waals surface area contributed by atoms with Crippen LogP contribution in [0.2, 0.25) is 0 Å². The van der Waals surface area contributed by atoms with Crippen molar-refractivity contribution in [2.45, 2.75) is 18.1 Å². The maximum absolute atomic E-state index is 11.7. The van der Waals surface area contributed by atoms with Gasteiger partial charge in [-0.1, -0.05) is 37.3 Å². The predicted molar refractivity (Wildman–Crippen MR) is 70.5 cm³/mol. The Morgan fingerprint density at radius 2 is 2.12 bits per heavy atom. The molecule has 0 heterocycles. The van der Waals surface area contributed by atoms with Gasteiger partial charge in [0.05, 0.1) is 12.5 Å². The molecule has 1 aromatic carbocycles. The van der Waals surface area contributed by atoms with Crippen molar-refractivity contribution in [1.29, 1.82) is 0 Å². The molecular weight excluding hydrogens is 236 g/mol. The highest BCUT2D eigenvalue weighted by molar-refractivity contribution is 7.99. The fraction of sp³-hybridized carbons (Fsp3) is 0.417. The van der Waals surface area contributed by atoms with Gasteiger partial charge in [0.2, 0.25) is 5.91 Å². The molecule has 94 valence electrons. The smallest absolute Gasteiger partial charge is 0.242 e. The predicted octanol–water partition coefficient (Wildman–Crippen LogP) is 0.874. The van der Waals surface area contributed by atoms with Crippen molar-refractivity contribution in [3.05, 3.63) is 35.9 Å². The number of benzene rings is 1. The van der Waals surface area contributed by atoms with Crippen LogP contribution >= 0.6 is 11.8 Å². The van der Waals surface area contributed by atoms with Crippen molar-refractivity contribution in [1.82, 2.24) is 5.43 Å². The van der Waals surface area contributed by atoms with Crippen molar-refractivity contribution in [3.63, 3.8) is 0 Å². The Labute approximate surface area is 106 Å². The first-order valence-electron chi connectivity index (χ1n) is 5.47. The molecule has 5 heteroatoms. The molecular formula is C12H18N2O2S. The summed E-state index contributed by atoms with van der Waals surface area (Å²) in [5.74, 6) is 5.32. The Kier molecular flexibility index (Phi) is 6.04. The lowest BCUT2D eigenvalue weighted by Gasteiger charge is -2.17. The summed E-state index contributed by atoms with van der Waals surface area (Å²) < 4.78 is 0. The van der Waals surface area contributed by atoms with Crippen molar-refractivity contribution in [2.75, 3.05) is 12.4 Å². The Morgan fingerprint density at radius 1 is 1.47 bits per heavy atom. The molecule has 1 aromatic rings. The zero-order chi connectivity index (χ0) is 12.7. The van der Waals surface area contributed by atoms with Crippen LogP contribution in [-0.4, -0.2) is 28.6 Å². The van der Waals surface area contributed by atoms with E-state index in [0.29, 0.717) is 5.75 Å². The van der Waals surface area contributed by atoms with E-state index in [2.05, 4.69) is 5.43 Å². The van der Waals surface area contributed by atoms with Gasteiger partial charge in [0.15, 0.2) is 0 Å². The molecule has 0 aliphatic carbocycles. The van der Waals surface area contributed by atoms with Gasteiger partial charge in [0.1, 0.15) is 0 Å². The second-order valence-corrected chi connectivity index (χ2v) is 5.27. The molecule has 0 fully saturated rings. The summed E-state index contributed by atoms with van der Waals surface area (Å²) in [6.45, 7) is 2.03. The highest BCUT2D eigenvalue weighted by Gasteiger charge is 2.20. The van der Waals surface area contributed by atoms with E-state index in [1.54, 1.807) is 11.8 Å². The molecule has 2 atom stereocenters. The number of amides is 1.